The smallest absolute Gasteiger partial charge is 0.252 e. The van der Waals surface area contributed by atoms with Crippen LogP contribution in [0.4, 0.5) is 34.1 Å². The molecule has 12 aromatic carbocycles. The molecule has 0 unspecified atom stereocenters. The van der Waals surface area contributed by atoms with Crippen LogP contribution in [0, 0.1) is 0 Å². The highest BCUT2D eigenvalue weighted by atomic mass is 32.1. The third kappa shape index (κ3) is 5.71. The molecule has 0 aliphatic carbocycles. The van der Waals surface area contributed by atoms with Crippen LogP contribution in [0.5, 0.6) is 0 Å². The predicted molar refractivity (Wildman–Crippen MR) is 335 cm³/mol. The molecule has 0 N–H and O–H groups in total. The number of hydrogen-bond acceptors (Lipinski definition) is 6. The average Bonchev–Trinajstić information content (AvgIpc) is 4.43. The minimum absolute atomic E-state index is 0.206. The number of aromatic nitrogens is 1. The minimum atomic E-state index is -0.206. The van der Waals surface area contributed by atoms with Crippen LogP contribution < -0.4 is 26.2 Å². The van der Waals surface area contributed by atoms with Gasteiger partial charge in [0.05, 0.1) is 33.2 Å². The number of furan rings is 3. The van der Waals surface area contributed by atoms with Crippen molar-refractivity contribution in [1.29, 1.82) is 0 Å². The molecule has 2 aliphatic heterocycles. The van der Waals surface area contributed by atoms with E-state index in [1.54, 1.807) is 0 Å². The van der Waals surface area contributed by atoms with Crippen LogP contribution in [-0.4, -0.2) is 11.3 Å². The number of thiophene rings is 1. The van der Waals surface area contributed by atoms with E-state index >= 15 is 0 Å². The van der Waals surface area contributed by atoms with Crippen molar-refractivity contribution in [2.45, 2.75) is 0 Å². The lowest BCUT2D eigenvalue weighted by Crippen LogP contribution is -2.61. The standard InChI is InChI=1S/C72H40BN3O3S/c1-2-16-43(17-3-1)74-54-23-9-4-18-44(54)45-33-32-41(34-57(45)74)42-35-60-72-61(36-42)76(56-25-15-30-66-71(56)49-22-7-12-28-64(49)78-66)59-38-51-47-20-8-13-31-68(47)80-69(51)40-53(59)73(72)52-39-67-50(46-19-5-10-26-62(46)79-67)37-58(52)75(60)55-24-14-29-65-70(55)48-21-6-11-27-63(48)77-65/h1-40H. The van der Waals surface area contributed by atoms with Gasteiger partial charge in [0.15, 0.2) is 0 Å². The Kier molecular flexibility index (Phi) is 8.39. The number of benzene rings is 12. The number of anilines is 6. The molecule has 0 radical (unpaired) electrons. The maximum Gasteiger partial charge on any atom is 0.252 e. The lowest BCUT2D eigenvalue weighted by Gasteiger charge is -2.44. The summed E-state index contributed by atoms with van der Waals surface area (Å²) in [5.41, 5.74) is 20.9. The largest absolute Gasteiger partial charge is 0.456 e. The van der Waals surface area contributed by atoms with Gasteiger partial charge in [-0.2, -0.15) is 0 Å². The molecule has 0 fully saturated rings. The van der Waals surface area contributed by atoms with Crippen molar-refractivity contribution >= 4 is 176 Å². The Labute approximate surface area is 460 Å². The van der Waals surface area contributed by atoms with Gasteiger partial charge in [-0.1, -0.05) is 133 Å². The van der Waals surface area contributed by atoms with Crippen LogP contribution in [0.1, 0.15) is 0 Å². The maximum absolute atomic E-state index is 6.89. The van der Waals surface area contributed by atoms with Gasteiger partial charge in [-0.15, -0.1) is 11.3 Å². The first-order valence-corrected chi connectivity index (χ1v) is 28.1. The molecule has 17 aromatic rings. The number of rotatable bonds is 4. The van der Waals surface area contributed by atoms with Crippen LogP contribution in [0.2, 0.25) is 0 Å². The summed E-state index contributed by atoms with van der Waals surface area (Å²) in [6.07, 6.45) is 0. The van der Waals surface area contributed by atoms with Gasteiger partial charge < -0.3 is 27.6 Å². The van der Waals surface area contributed by atoms with Gasteiger partial charge in [0, 0.05) is 80.9 Å². The van der Waals surface area contributed by atoms with Gasteiger partial charge in [-0.25, -0.2) is 0 Å². The molecular weight excluding hydrogens is 998 g/mol. The van der Waals surface area contributed by atoms with E-state index in [1.165, 1.54) is 52.8 Å². The summed E-state index contributed by atoms with van der Waals surface area (Å²) >= 11 is 1.87. The molecule has 0 atom stereocenters. The predicted octanol–water partition coefficient (Wildman–Crippen LogP) is 18.6. The molecule has 80 heavy (non-hydrogen) atoms. The third-order valence-corrected chi connectivity index (χ3v) is 18.5. The van der Waals surface area contributed by atoms with Gasteiger partial charge in [-0.3, -0.25) is 0 Å². The first-order chi connectivity index (χ1) is 39.7. The molecular formula is C72H40BN3O3S. The first-order valence-electron chi connectivity index (χ1n) is 27.2. The van der Waals surface area contributed by atoms with Crippen molar-refractivity contribution in [3.8, 4) is 16.8 Å². The summed E-state index contributed by atoms with van der Waals surface area (Å²) in [6, 6.07) is 88.6. The van der Waals surface area contributed by atoms with Gasteiger partial charge in [0.25, 0.3) is 6.71 Å². The normalized spacial score (nSPS) is 13.2. The van der Waals surface area contributed by atoms with E-state index in [0.717, 1.165) is 122 Å². The molecule has 0 spiro atoms. The summed E-state index contributed by atoms with van der Waals surface area (Å²) in [5, 5.41) is 11.4. The summed E-state index contributed by atoms with van der Waals surface area (Å²) < 4.78 is 25.3. The molecule has 0 saturated heterocycles. The van der Waals surface area contributed by atoms with E-state index < -0.39 is 0 Å². The van der Waals surface area contributed by atoms with Crippen LogP contribution in [-0.2, 0) is 0 Å². The fourth-order valence-corrected chi connectivity index (χ4v) is 15.1. The van der Waals surface area contributed by atoms with Gasteiger partial charge in [-0.05, 0) is 137 Å². The van der Waals surface area contributed by atoms with Crippen LogP contribution in [0.3, 0.4) is 0 Å². The van der Waals surface area contributed by atoms with Crippen molar-refractivity contribution in [1.82, 2.24) is 4.57 Å². The highest BCUT2D eigenvalue weighted by Gasteiger charge is 2.45. The molecule has 6 nitrogen and oxygen atoms in total. The SMILES string of the molecule is c1ccc(-n2c3ccccc3c3ccc(-c4cc5c6c(c4)N(c4cccc7oc8ccccc8c47)c4cc7c(cc4B6c4cc6oc8ccccc8c6cc4N5c4cccc5oc6ccccc6c45)sc4ccccc47)cc32)cc1. The van der Waals surface area contributed by atoms with Crippen molar-refractivity contribution in [3.63, 3.8) is 0 Å². The molecule has 5 aromatic heterocycles. The Morgan fingerprint density at radius 2 is 0.838 bits per heavy atom. The second kappa shape index (κ2) is 15.7. The van der Waals surface area contributed by atoms with E-state index in [2.05, 4.69) is 257 Å². The Morgan fingerprint density at radius 1 is 0.300 bits per heavy atom. The van der Waals surface area contributed by atoms with E-state index in [9.17, 15) is 0 Å². The van der Waals surface area contributed by atoms with Crippen molar-refractivity contribution in [2.75, 3.05) is 9.80 Å². The van der Waals surface area contributed by atoms with Gasteiger partial charge in [0.1, 0.15) is 33.5 Å². The van der Waals surface area contributed by atoms with Gasteiger partial charge in [0.2, 0.25) is 0 Å². The van der Waals surface area contributed by atoms with Crippen LogP contribution >= 0.6 is 11.3 Å². The second-order valence-electron chi connectivity index (χ2n) is 21.5. The Morgan fingerprint density at radius 3 is 1.54 bits per heavy atom. The van der Waals surface area contributed by atoms with E-state index in [-0.39, 0.29) is 6.71 Å². The molecule has 7 heterocycles. The van der Waals surface area contributed by atoms with Crippen LogP contribution in [0.15, 0.2) is 256 Å². The second-order valence-corrected chi connectivity index (χ2v) is 22.5. The zero-order valence-corrected chi connectivity index (χ0v) is 43.5. The zero-order valence-electron chi connectivity index (χ0n) is 42.6. The number of hydrogen-bond donors (Lipinski definition) is 0. The number of para-hydroxylation sites is 5. The maximum atomic E-state index is 6.89. The fourth-order valence-electron chi connectivity index (χ4n) is 14.0. The zero-order chi connectivity index (χ0) is 51.9. The van der Waals surface area contributed by atoms with E-state index in [4.69, 9.17) is 13.3 Å². The highest BCUT2D eigenvalue weighted by molar-refractivity contribution is 7.26. The van der Waals surface area contributed by atoms with E-state index in [0.29, 0.717) is 0 Å². The van der Waals surface area contributed by atoms with E-state index in [1.807, 2.05) is 11.3 Å². The molecule has 2 aliphatic rings. The lowest BCUT2D eigenvalue weighted by molar-refractivity contribution is 0.668. The molecule has 0 amide bonds. The summed E-state index contributed by atoms with van der Waals surface area (Å²) in [4.78, 5) is 5.12. The third-order valence-electron chi connectivity index (χ3n) is 17.3. The quantitative estimate of drug-likeness (QED) is 0.164. The van der Waals surface area contributed by atoms with Crippen molar-refractivity contribution in [2.24, 2.45) is 0 Å². The monoisotopic (exact) mass is 1040 g/mol. The Bertz CT molecular complexity index is 5290. The Balaban J connectivity index is 0.997. The van der Waals surface area contributed by atoms with Crippen molar-refractivity contribution < 1.29 is 13.3 Å². The van der Waals surface area contributed by atoms with Crippen molar-refractivity contribution in [3.05, 3.63) is 243 Å². The molecule has 0 saturated carbocycles. The summed E-state index contributed by atoms with van der Waals surface area (Å²) in [5.74, 6) is 0. The summed E-state index contributed by atoms with van der Waals surface area (Å²) in [6.45, 7) is -0.206. The molecule has 0 bridgehead atoms. The Hall–Kier alpha value is -10.3. The highest BCUT2D eigenvalue weighted by Crippen LogP contribution is 2.52. The van der Waals surface area contributed by atoms with Gasteiger partial charge >= 0.3 is 0 Å². The molecule has 370 valence electrons. The lowest BCUT2D eigenvalue weighted by atomic mass is 9.33. The first kappa shape index (κ1) is 42.8. The number of nitrogens with zero attached hydrogens (tertiary/aromatic N) is 3. The average molecular weight is 1040 g/mol. The molecule has 19 rings (SSSR count). The van der Waals surface area contributed by atoms with Crippen LogP contribution in [0.25, 0.3) is 125 Å². The number of fused-ring (bicyclic) bond motifs is 19. The minimum Gasteiger partial charge on any atom is -0.456 e. The topological polar surface area (TPSA) is 50.8 Å². The molecule has 8 heteroatoms. The fraction of sp³-hybridized carbons (Fsp3) is 0. The summed E-state index contributed by atoms with van der Waals surface area (Å²) in [7, 11) is 0.